The van der Waals surface area contributed by atoms with Crippen molar-refractivity contribution in [3.05, 3.63) is 99.9 Å². The van der Waals surface area contributed by atoms with Crippen LogP contribution in [0, 0.1) is 5.92 Å². The number of rotatable bonds is 14. The van der Waals surface area contributed by atoms with Crippen LogP contribution >= 0.6 is 0 Å². The molecule has 51 heavy (non-hydrogen) atoms. The lowest BCUT2D eigenvalue weighted by atomic mass is 9.86. The molecule has 0 bridgehead atoms. The fourth-order valence-electron chi connectivity index (χ4n) is 6.09. The number of nitrogens with one attached hydrogen (secondary N) is 1. The number of nitrogens with two attached hydrogens (primary N) is 1. The Hall–Kier alpha value is -5.05. The number of aliphatic carboxylic acids is 1. The quantitative estimate of drug-likeness (QED) is 0.0942. The predicted octanol–water partition coefficient (Wildman–Crippen LogP) is 3.19. The summed E-state index contributed by atoms with van der Waals surface area (Å²) in [5, 5.41) is 55.7. The van der Waals surface area contributed by atoms with Crippen molar-refractivity contribution in [1.82, 2.24) is 5.32 Å². The highest BCUT2D eigenvalue weighted by Gasteiger charge is 2.58. The molecular weight excluding hydrogens is 660 g/mol. The second kappa shape index (κ2) is 15.9. The van der Waals surface area contributed by atoms with Crippen LogP contribution in [0.1, 0.15) is 48.4 Å². The molecular formula is C38H42N2O11. The number of phenols is 1. The standard InChI is InChI=1S/C38H42N2O11/c1-3-22-8-4-5-9-23(22)10-6-7-21(2)17-18-40-20-38(48)34(44)31(43)33(36(46)47)51-37(38)49-26-15-16-27-28(19-26)50-32(35(39)45)29(30(27)42)24-11-13-25(41)14-12-24/h4-6,8-16,19,21,31,33-34,37,40-41,43-44,48H,3,7,17-18,20H2,1-2H3,(H2,39,45)(H,46,47)/t21-,31+,33-,34-,37+,38-/m0/s1. The molecule has 0 aliphatic carbocycles. The van der Waals surface area contributed by atoms with Crippen LogP contribution in [-0.4, -0.2) is 80.7 Å². The van der Waals surface area contributed by atoms with E-state index in [-0.39, 0.29) is 46.1 Å². The first kappa shape index (κ1) is 37.2. The molecule has 1 saturated heterocycles. The first-order chi connectivity index (χ1) is 24.3. The average molecular weight is 703 g/mol. The minimum Gasteiger partial charge on any atom is -0.508 e. The van der Waals surface area contributed by atoms with Crippen LogP contribution in [0.25, 0.3) is 28.2 Å². The number of hydrogen-bond acceptors (Lipinski definition) is 11. The second-order valence-electron chi connectivity index (χ2n) is 12.7. The molecule has 1 aliphatic heterocycles. The number of carbonyl (C=O) groups is 2. The highest BCUT2D eigenvalue weighted by molar-refractivity contribution is 5.99. The number of ether oxygens (including phenoxy) is 2. The molecule has 270 valence electrons. The third-order valence-corrected chi connectivity index (χ3v) is 9.05. The van der Waals surface area contributed by atoms with Crippen molar-refractivity contribution in [2.45, 2.75) is 63.3 Å². The summed E-state index contributed by atoms with van der Waals surface area (Å²) in [6.45, 7) is 4.24. The highest BCUT2D eigenvalue weighted by atomic mass is 16.7. The van der Waals surface area contributed by atoms with E-state index in [9.17, 15) is 39.9 Å². The number of carboxylic acids is 1. The minimum absolute atomic E-state index is 0.0364. The van der Waals surface area contributed by atoms with Crippen molar-refractivity contribution in [3.8, 4) is 22.6 Å². The molecule has 13 heteroatoms. The van der Waals surface area contributed by atoms with Crippen molar-refractivity contribution < 1.29 is 49.0 Å². The maximum Gasteiger partial charge on any atom is 0.335 e. The number of allylic oxidation sites excluding steroid dienone is 1. The topological polar surface area (TPSA) is 222 Å². The highest BCUT2D eigenvalue weighted by Crippen LogP contribution is 2.34. The summed E-state index contributed by atoms with van der Waals surface area (Å²) >= 11 is 0. The Morgan fingerprint density at radius 1 is 1.10 bits per heavy atom. The van der Waals surface area contributed by atoms with Gasteiger partial charge in [-0.1, -0.05) is 62.4 Å². The molecule has 0 spiro atoms. The van der Waals surface area contributed by atoms with Gasteiger partial charge in [0, 0.05) is 12.6 Å². The van der Waals surface area contributed by atoms with Gasteiger partial charge in [-0.2, -0.15) is 0 Å². The zero-order chi connectivity index (χ0) is 36.9. The number of fused-ring (bicyclic) bond motifs is 1. The Morgan fingerprint density at radius 3 is 2.51 bits per heavy atom. The van der Waals surface area contributed by atoms with Gasteiger partial charge < -0.3 is 50.5 Å². The molecule has 0 unspecified atom stereocenters. The number of benzene rings is 3. The first-order valence-electron chi connectivity index (χ1n) is 16.6. The summed E-state index contributed by atoms with van der Waals surface area (Å²) in [6.07, 6.45) is -1.12. The second-order valence-corrected chi connectivity index (χ2v) is 12.7. The third-order valence-electron chi connectivity index (χ3n) is 9.05. The normalized spacial score (nSPS) is 22.6. The maximum absolute atomic E-state index is 13.5. The Bertz CT molecular complexity index is 1960. The third kappa shape index (κ3) is 8.14. The molecule has 0 radical (unpaired) electrons. The Labute approximate surface area is 293 Å². The summed E-state index contributed by atoms with van der Waals surface area (Å²) in [6, 6.07) is 17.6. The van der Waals surface area contributed by atoms with Crippen LogP contribution in [0.5, 0.6) is 11.5 Å². The zero-order valence-electron chi connectivity index (χ0n) is 28.2. The summed E-state index contributed by atoms with van der Waals surface area (Å²) in [5.74, 6) is -2.96. The molecule has 5 rings (SSSR count). The van der Waals surface area contributed by atoms with Gasteiger partial charge in [0.05, 0.1) is 10.9 Å². The average Bonchev–Trinajstić information content (AvgIpc) is 3.11. The molecule has 6 atom stereocenters. The van der Waals surface area contributed by atoms with Crippen LogP contribution in [0.2, 0.25) is 0 Å². The number of hydrogen-bond donors (Lipinski definition) is 7. The van der Waals surface area contributed by atoms with Gasteiger partial charge >= 0.3 is 5.97 Å². The lowest BCUT2D eigenvalue weighted by molar-refractivity contribution is -0.311. The van der Waals surface area contributed by atoms with E-state index in [4.69, 9.17) is 19.6 Å². The minimum atomic E-state index is -2.34. The summed E-state index contributed by atoms with van der Waals surface area (Å²) < 4.78 is 17.1. The number of amides is 1. The Morgan fingerprint density at radius 2 is 1.82 bits per heavy atom. The van der Waals surface area contributed by atoms with Crippen LogP contribution < -0.4 is 21.2 Å². The van der Waals surface area contributed by atoms with Gasteiger partial charge in [-0.3, -0.25) is 9.59 Å². The number of aryl methyl sites for hydroxylation is 1. The van der Waals surface area contributed by atoms with Gasteiger partial charge in [-0.25, -0.2) is 4.79 Å². The SMILES string of the molecule is CCc1ccccc1C=CC[C@H](C)CCNC[C@@]1(O)[C@H](Oc2ccc3c(=O)c(-c4ccc(O)cc4)c(C(N)=O)oc3c2)O[C@H](C(=O)O)[C@@H](O)[C@@H]1O. The van der Waals surface area contributed by atoms with E-state index in [1.807, 2.05) is 12.1 Å². The van der Waals surface area contributed by atoms with Gasteiger partial charge in [0.2, 0.25) is 17.5 Å². The van der Waals surface area contributed by atoms with Gasteiger partial charge in [-0.05, 0) is 72.7 Å². The Kier molecular flexibility index (Phi) is 11.6. The van der Waals surface area contributed by atoms with E-state index >= 15 is 0 Å². The number of carboxylic acid groups (broad SMARTS) is 1. The molecule has 4 aromatic rings. The molecule has 0 saturated carbocycles. The monoisotopic (exact) mass is 702 g/mol. The van der Waals surface area contributed by atoms with Crippen LogP contribution in [0.15, 0.2) is 82.0 Å². The summed E-state index contributed by atoms with van der Waals surface area (Å²) in [4.78, 5) is 37.7. The van der Waals surface area contributed by atoms with E-state index in [0.717, 1.165) is 12.8 Å². The molecule has 1 fully saturated rings. The fraction of sp³-hybridized carbons (Fsp3) is 0.342. The van der Waals surface area contributed by atoms with E-state index in [1.165, 1.54) is 53.6 Å². The number of aliphatic hydroxyl groups is 3. The molecule has 2 heterocycles. The number of aromatic hydroxyl groups is 1. The molecule has 8 N–H and O–H groups in total. The summed E-state index contributed by atoms with van der Waals surface area (Å²) in [7, 11) is 0. The lowest BCUT2D eigenvalue weighted by Gasteiger charge is -2.46. The largest absolute Gasteiger partial charge is 0.508 e. The van der Waals surface area contributed by atoms with Crippen LogP contribution in [0.4, 0.5) is 0 Å². The maximum atomic E-state index is 13.5. The number of phenolic OH excluding ortho intramolecular Hbond substituents is 1. The van der Waals surface area contributed by atoms with E-state index in [1.54, 1.807) is 0 Å². The van der Waals surface area contributed by atoms with E-state index in [2.05, 4.69) is 43.4 Å². The smallest absolute Gasteiger partial charge is 0.335 e. The van der Waals surface area contributed by atoms with Gasteiger partial charge in [0.1, 0.15) is 29.3 Å². The first-order valence-corrected chi connectivity index (χ1v) is 16.6. The van der Waals surface area contributed by atoms with E-state index < -0.39 is 53.3 Å². The number of aliphatic hydroxyl groups excluding tert-OH is 2. The Balaban J connectivity index is 1.33. The molecule has 1 amide bonds. The molecule has 1 aliphatic rings. The van der Waals surface area contributed by atoms with Gasteiger partial charge in [0.15, 0.2) is 11.7 Å². The molecule has 13 nitrogen and oxygen atoms in total. The number of primary amides is 1. The van der Waals surface area contributed by atoms with Crippen molar-refractivity contribution in [2.24, 2.45) is 11.7 Å². The number of carbonyl (C=O) groups excluding carboxylic acids is 1. The molecule has 1 aromatic heterocycles. The zero-order valence-corrected chi connectivity index (χ0v) is 28.2. The summed E-state index contributed by atoms with van der Waals surface area (Å²) in [5.41, 5.74) is 5.08. The van der Waals surface area contributed by atoms with Crippen molar-refractivity contribution in [3.63, 3.8) is 0 Å². The molecule has 3 aromatic carbocycles. The fourth-order valence-corrected chi connectivity index (χ4v) is 6.09. The van der Waals surface area contributed by atoms with Crippen molar-refractivity contribution in [1.29, 1.82) is 0 Å². The van der Waals surface area contributed by atoms with E-state index in [0.29, 0.717) is 13.0 Å². The lowest BCUT2D eigenvalue weighted by Crippen LogP contribution is -2.71. The van der Waals surface area contributed by atoms with Crippen LogP contribution in [-0.2, 0) is 16.0 Å². The van der Waals surface area contributed by atoms with Crippen molar-refractivity contribution >= 4 is 28.9 Å². The van der Waals surface area contributed by atoms with Gasteiger partial charge in [-0.15, -0.1) is 0 Å². The van der Waals surface area contributed by atoms with Crippen molar-refractivity contribution in [2.75, 3.05) is 13.1 Å². The van der Waals surface area contributed by atoms with Gasteiger partial charge in [0.25, 0.3) is 5.91 Å². The van der Waals surface area contributed by atoms with Crippen LogP contribution in [0.3, 0.4) is 0 Å². The predicted molar refractivity (Wildman–Crippen MR) is 188 cm³/mol.